The van der Waals surface area contributed by atoms with Crippen LogP contribution in [0.3, 0.4) is 0 Å². The number of carbonyl (C=O) groups is 1. The Kier molecular flexibility index (Phi) is 6.86. The van der Waals surface area contributed by atoms with Crippen LogP contribution in [-0.2, 0) is 5.41 Å². The standard InChI is InChI=1S/C16H25ClN2O/c1-4-5-6-11-18-15(20)19-12-16(2,3)13-7-9-14(17)10-8-13/h7-10H,4-6,11-12H2,1-3H3,(H2,18,19,20). The van der Waals surface area contributed by atoms with Gasteiger partial charge in [-0.25, -0.2) is 4.79 Å². The molecule has 1 aromatic carbocycles. The molecule has 1 aromatic rings. The molecule has 0 heterocycles. The van der Waals surface area contributed by atoms with Crippen molar-refractivity contribution in [3.63, 3.8) is 0 Å². The van der Waals surface area contributed by atoms with Crippen LogP contribution in [-0.4, -0.2) is 19.1 Å². The van der Waals surface area contributed by atoms with Crippen LogP contribution in [0.4, 0.5) is 4.79 Å². The normalized spacial score (nSPS) is 11.2. The smallest absolute Gasteiger partial charge is 0.314 e. The zero-order valence-electron chi connectivity index (χ0n) is 12.6. The molecule has 0 atom stereocenters. The van der Waals surface area contributed by atoms with Gasteiger partial charge in [-0.05, 0) is 24.1 Å². The largest absolute Gasteiger partial charge is 0.338 e. The summed E-state index contributed by atoms with van der Waals surface area (Å²) in [6.45, 7) is 7.69. The number of amides is 2. The Balaban J connectivity index is 2.39. The molecule has 2 N–H and O–H groups in total. The van der Waals surface area contributed by atoms with Crippen LogP contribution in [0.2, 0.25) is 5.02 Å². The maximum absolute atomic E-state index is 11.7. The highest BCUT2D eigenvalue weighted by Crippen LogP contribution is 2.23. The van der Waals surface area contributed by atoms with E-state index in [0.29, 0.717) is 6.54 Å². The Morgan fingerprint density at radius 2 is 1.80 bits per heavy atom. The molecule has 0 saturated carbocycles. The molecule has 4 heteroatoms. The second kappa shape index (κ2) is 8.15. The average Bonchev–Trinajstić information content (AvgIpc) is 2.42. The van der Waals surface area contributed by atoms with E-state index in [1.807, 2.05) is 24.3 Å². The summed E-state index contributed by atoms with van der Waals surface area (Å²) in [5.74, 6) is 0. The fourth-order valence-electron chi connectivity index (χ4n) is 1.94. The monoisotopic (exact) mass is 296 g/mol. The fraction of sp³-hybridized carbons (Fsp3) is 0.562. The summed E-state index contributed by atoms with van der Waals surface area (Å²) in [5.41, 5.74) is 1.04. The second-order valence-corrected chi connectivity index (χ2v) is 6.14. The van der Waals surface area contributed by atoms with Crippen molar-refractivity contribution in [3.8, 4) is 0 Å². The lowest BCUT2D eigenvalue weighted by atomic mass is 9.85. The predicted octanol–water partition coefficient (Wildman–Crippen LogP) is 4.11. The van der Waals surface area contributed by atoms with Crippen molar-refractivity contribution in [2.75, 3.05) is 13.1 Å². The fourth-order valence-corrected chi connectivity index (χ4v) is 2.07. The lowest BCUT2D eigenvalue weighted by Gasteiger charge is -2.25. The molecule has 0 saturated heterocycles. The minimum Gasteiger partial charge on any atom is -0.338 e. The molecule has 0 aliphatic heterocycles. The van der Waals surface area contributed by atoms with E-state index >= 15 is 0 Å². The first-order chi connectivity index (χ1) is 9.45. The molecular weight excluding hydrogens is 272 g/mol. The van der Waals surface area contributed by atoms with Gasteiger partial charge in [0.1, 0.15) is 0 Å². The van der Waals surface area contributed by atoms with Gasteiger partial charge in [-0.15, -0.1) is 0 Å². The van der Waals surface area contributed by atoms with Crippen molar-refractivity contribution in [2.45, 2.75) is 45.4 Å². The predicted molar refractivity (Wildman–Crippen MR) is 85.4 cm³/mol. The van der Waals surface area contributed by atoms with Crippen molar-refractivity contribution in [1.82, 2.24) is 10.6 Å². The summed E-state index contributed by atoms with van der Waals surface area (Å²) in [6, 6.07) is 7.67. The van der Waals surface area contributed by atoms with Gasteiger partial charge < -0.3 is 10.6 Å². The second-order valence-electron chi connectivity index (χ2n) is 5.71. The number of carbonyl (C=O) groups excluding carboxylic acids is 1. The van der Waals surface area contributed by atoms with Crippen LogP contribution < -0.4 is 10.6 Å². The minimum absolute atomic E-state index is 0.0943. The molecule has 0 unspecified atom stereocenters. The third-order valence-electron chi connectivity index (χ3n) is 3.38. The van der Waals surface area contributed by atoms with Crippen LogP contribution in [0.1, 0.15) is 45.6 Å². The van der Waals surface area contributed by atoms with Crippen molar-refractivity contribution >= 4 is 17.6 Å². The SMILES string of the molecule is CCCCCNC(=O)NCC(C)(C)c1ccc(Cl)cc1. The zero-order chi connectivity index (χ0) is 15.0. The Morgan fingerprint density at radius 1 is 1.15 bits per heavy atom. The summed E-state index contributed by atoms with van der Waals surface area (Å²) in [6.07, 6.45) is 3.34. The lowest BCUT2D eigenvalue weighted by Crippen LogP contribution is -2.42. The molecule has 0 bridgehead atoms. The van der Waals surface area contributed by atoms with Gasteiger partial charge >= 0.3 is 6.03 Å². The van der Waals surface area contributed by atoms with Gasteiger partial charge in [-0.1, -0.05) is 57.3 Å². The first-order valence-electron chi connectivity index (χ1n) is 7.23. The molecular formula is C16H25ClN2O. The van der Waals surface area contributed by atoms with E-state index in [4.69, 9.17) is 11.6 Å². The summed E-state index contributed by atoms with van der Waals surface area (Å²) >= 11 is 5.89. The van der Waals surface area contributed by atoms with Gasteiger partial charge in [-0.3, -0.25) is 0 Å². The van der Waals surface area contributed by atoms with E-state index in [2.05, 4.69) is 31.4 Å². The summed E-state index contributed by atoms with van der Waals surface area (Å²) in [5, 5.41) is 6.54. The molecule has 0 spiro atoms. The van der Waals surface area contributed by atoms with Crippen molar-refractivity contribution in [3.05, 3.63) is 34.9 Å². The third kappa shape index (κ3) is 5.83. The molecule has 112 valence electrons. The zero-order valence-corrected chi connectivity index (χ0v) is 13.4. The van der Waals surface area contributed by atoms with Crippen LogP contribution in [0, 0.1) is 0 Å². The van der Waals surface area contributed by atoms with E-state index in [1.54, 1.807) is 0 Å². The molecule has 0 radical (unpaired) electrons. The first kappa shape index (κ1) is 16.8. The molecule has 2 amide bonds. The number of rotatable bonds is 7. The van der Waals surface area contributed by atoms with E-state index in [-0.39, 0.29) is 11.4 Å². The quantitative estimate of drug-likeness (QED) is 0.731. The van der Waals surface area contributed by atoms with Crippen LogP contribution >= 0.6 is 11.6 Å². The summed E-state index contributed by atoms with van der Waals surface area (Å²) in [7, 11) is 0. The highest BCUT2D eigenvalue weighted by atomic mass is 35.5. The van der Waals surface area contributed by atoms with Crippen LogP contribution in [0.25, 0.3) is 0 Å². The molecule has 0 fully saturated rings. The number of unbranched alkanes of at least 4 members (excludes halogenated alkanes) is 2. The van der Waals surface area contributed by atoms with Crippen molar-refractivity contribution in [1.29, 1.82) is 0 Å². The van der Waals surface area contributed by atoms with Gasteiger partial charge in [-0.2, -0.15) is 0 Å². The van der Waals surface area contributed by atoms with Gasteiger partial charge in [0.05, 0.1) is 0 Å². The maximum atomic E-state index is 11.7. The van der Waals surface area contributed by atoms with Gasteiger partial charge in [0.15, 0.2) is 0 Å². The molecule has 0 aliphatic rings. The van der Waals surface area contributed by atoms with Gasteiger partial charge in [0.25, 0.3) is 0 Å². The topological polar surface area (TPSA) is 41.1 Å². The number of hydrogen-bond donors (Lipinski definition) is 2. The van der Waals surface area contributed by atoms with Crippen LogP contribution in [0.15, 0.2) is 24.3 Å². The molecule has 1 rings (SSSR count). The Morgan fingerprint density at radius 3 is 2.40 bits per heavy atom. The van der Waals surface area contributed by atoms with Crippen molar-refractivity contribution in [2.24, 2.45) is 0 Å². The Labute approximate surface area is 127 Å². The Bertz CT molecular complexity index is 415. The number of hydrogen-bond acceptors (Lipinski definition) is 1. The molecule has 0 aromatic heterocycles. The molecule has 3 nitrogen and oxygen atoms in total. The van der Waals surface area contributed by atoms with Gasteiger partial charge in [0.2, 0.25) is 0 Å². The summed E-state index contributed by atoms with van der Waals surface area (Å²) < 4.78 is 0. The number of benzene rings is 1. The van der Waals surface area contributed by atoms with E-state index in [9.17, 15) is 4.79 Å². The minimum atomic E-state index is -0.120. The molecule has 20 heavy (non-hydrogen) atoms. The average molecular weight is 297 g/mol. The van der Waals surface area contributed by atoms with Crippen LogP contribution in [0.5, 0.6) is 0 Å². The lowest BCUT2D eigenvalue weighted by molar-refractivity contribution is 0.238. The van der Waals surface area contributed by atoms with E-state index < -0.39 is 0 Å². The van der Waals surface area contributed by atoms with Gasteiger partial charge in [0, 0.05) is 23.5 Å². The van der Waals surface area contributed by atoms with E-state index in [1.165, 1.54) is 0 Å². The number of urea groups is 1. The van der Waals surface area contributed by atoms with E-state index in [0.717, 1.165) is 36.4 Å². The highest BCUT2D eigenvalue weighted by molar-refractivity contribution is 6.30. The Hall–Kier alpha value is -1.22. The first-order valence-corrected chi connectivity index (χ1v) is 7.61. The summed E-state index contributed by atoms with van der Waals surface area (Å²) in [4.78, 5) is 11.7. The third-order valence-corrected chi connectivity index (χ3v) is 3.63. The molecule has 0 aliphatic carbocycles. The maximum Gasteiger partial charge on any atom is 0.314 e. The highest BCUT2D eigenvalue weighted by Gasteiger charge is 2.21. The number of nitrogens with one attached hydrogen (secondary N) is 2. The van der Waals surface area contributed by atoms with Crippen molar-refractivity contribution < 1.29 is 4.79 Å². The number of halogens is 1.